The lowest BCUT2D eigenvalue weighted by Gasteiger charge is -2.10. The van der Waals surface area contributed by atoms with E-state index in [0.29, 0.717) is 0 Å². The van der Waals surface area contributed by atoms with Gasteiger partial charge in [0.05, 0.1) is 0 Å². The fourth-order valence-electron chi connectivity index (χ4n) is 1.86. The van der Waals surface area contributed by atoms with Crippen LogP contribution in [-0.2, 0) is 6.54 Å². The van der Waals surface area contributed by atoms with E-state index in [-0.39, 0.29) is 0 Å². The van der Waals surface area contributed by atoms with E-state index in [2.05, 4.69) is 68.6 Å². The third kappa shape index (κ3) is 3.10. The van der Waals surface area contributed by atoms with Crippen LogP contribution in [0.2, 0.25) is 0 Å². The van der Waals surface area contributed by atoms with Gasteiger partial charge in [0.15, 0.2) is 0 Å². The molecule has 0 saturated carbocycles. The Morgan fingerprint density at radius 1 is 0.824 bits per heavy atom. The van der Waals surface area contributed by atoms with Crippen LogP contribution in [-0.4, -0.2) is 0 Å². The molecule has 0 aliphatic carbocycles. The van der Waals surface area contributed by atoms with E-state index in [1.807, 2.05) is 0 Å². The average Bonchev–Trinajstić information content (AvgIpc) is 2.32. The molecule has 0 bridgehead atoms. The first kappa shape index (κ1) is 11.7. The van der Waals surface area contributed by atoms with Crippen LogP contribution in [0.3, 0.4) is 0 Å². The zero-order chi connectivity index (χ0) is 12.3. The van der Waals surface area contributed by atoms with E-state index in [9.17, 15) is 0 Å². The lowest BCUT2D eigenvalue weighted by atomic mass is 10.1. The van der Waals surface area contributed by atoms with Crippen molar-refractivity contribution in [1.29, 1.82) is 0 Å². The molecule has 1 N–H and O–H groups in total. The first-order valence-corrected chi connectivity index (χ1v) is 6.02. The van der Waals surface area contributed by atoms with Crippen LogP contribution < -0.4 is 5.32 Å². The third-order valence-corrected chi connectivity index (χ3v) is 3.04. The molecule has 17 heavy (non-hydrogen) atoms. The minimum absolute atomic E-state index is 0.885. The highest BCUT2D eigenvalue weighted by atomic mass is 14.9. The van der Waals surface area contributed by atoms with Gasteiger partial charge in [-0.2, -0.15) is 0 Å². The van der Waals surface area contributed by atoms with Crippen molar-refractivity contribution in [2.75, 3.05) is 5.32 Å². The second-order valence-electron chi connectivity index (χ2n) is 4.65. The number of anilines is 1. The summed E-state index contributed by atoms with van der Waals surface area (Å²) in [4.78, 5) is 0. The standard InChI is InChI=1S/C16H19N/c1-12-5-8-16(9-6-12)17-11-15-10-13(2)4-7-14(15)3/h4-10,17H,11H2,1-3H3. The number of nitrogens with one attached hydrogen (secondary N) is 1. The van der Waals surface area contributed by atoms with Crippen LogP contribution in [0.25, 0.3) is 0 Å². The summed E-state index contributed by atoms with van der Waals surface area (Å²) in [5, 5.41) is 3.46. The van der Waals surface area contributed by atoms with Gasteiger partial charge in [-0.25, -0.2) is 0 Å². The van der Waals surface area contributed by atoms with Crippen molar-refractivity contribution in [3.63, 3.8) is 0 Å². The maximum absolute atomic E-state index is 3.46. The Morgan fingerprint density at radius 2 is 1.47 bits per heavy atom. The third-order valence-electron chi connectivity index (χ3n) is 3.04. The number of rotatable bonds is 3. The summed E-state index contributed by atoms with van der Waals surface area (Å²) in [5.74, 6) is 0. The molecule has 0 aliphatic heterocycles. The van der Waals surface area contributed by atoms with Crippen molar-refractivity contribution >= 4 is 5.69 Å². The summed E-state index contributed by atoms with van der Waals surface area (Å²) >= 11 is 0. The lowest BCUT2D eigenvalue weighted by Crippen LogP contribution is -2.01. The van der Waals surface area contributed by atoms with Gasteiger partial charge in [0.1, 0.15) is 0 Å². The summed E-state index contributed by atoms with van der Waals surface area (Å²) < 4.78 is 0. The van der Waals surface area contributed by atoms with E-state index in [1.54, 1.807) is 0 Å². The van der Waals surface area contributed by atoms with Crippen molar-refractivity contribution in [3.05, 3.63) is 64.7 Å². The van der Waals surface area contributed by atoms with Crippen LogP contribution in [0.1, 0.15) is 22.3 Å². The zero-order valence-corrected chi connectivity index (χ0v) is 10.7. The molecule has 1 heteroatoms. The largest absolute Gasteiger partial charge is 0.381 e. The second-order valence-corrected chi connectivity index (χ2v) is 4.65. The summed E-state index contributed by atoms with van der Waals surface area (Å²) in [7, 11) is 0. The van der Waals surface area contributed by atoms with Gasteiger partial charge in [0.25, 0.3) is 0 Å². The van der Waals surface area contributed by atoms with Crippen molar-refractivity contribution in [2.45, 2.75) is 27.3 Å². The van der Waals surface area contributed by atoms with Gasteiger partial charge in [-0.05, 0) is 44.0 Å². The molecule has 0 amide bonds. The monoisotopic (exact) mass is 225 g/mol. The molecular weight excluding hydrogens is 206 g/mol. The molecule has 88 valence electrons. The fraction of sp³-hybridized carbons (Fsp3) is 0.250. The second kappa shape index (κ2) is 5.05. The Morgan fingerprint density at radius 3 is 2.18 bits per heavy atom. The van der Waals surface area contributed by atoms with E-state index in [0.717, 1.165) is 6.54 Å². The van der Waals surface area contributed by atoms with Gasteiger partial charge in [-0.1, -0.05) is 41.5 Å². The number of benzene rings is 2. The molecule has 0 spiro atoms. The summed E-state index contributed by atoms with van der Waals surface area (Å²) in [6.07, 6.45) is 0. The molecule has 2 aromatic rings. The van der Waals surface area contributed by atoms with Crippen molar-refractivity contribution in [2.24, 2.45) is 0 Å². The van der Waals surface area contributed by atoms with Crippen LogP contribution in [0.5, 0.6) is 0 Å². The fourth-order valence-corrected chi connectivity index (χ4v) is 1.86. The summed E-state index contributed by atoms with van der Waals surface area (Å²) in [6.45, 7) is 7.28. The zero-order valence-electron chi connectivity index (χ0n) is 10.7. The number of hydrogen-bond donors (Lipinski definition) is 1. The normalized spacial score (nSPS) is 10.3. The van der Waals surface area contributed by atoms with E-state index >= 15 is 0 Å². The molecular formula is C16H19N. The topological polar surface area (TPSA) is 12.0 Å². The van der Waals surface area contributed by atoms with E-state index in [1.165, 1.54) is 27.9 Å². The summed E-state index contributed by atoms with van der Waals surface area (Å²) in [5.41, 5.74) is 6.50. The van der Waals surface area contributed by atoms with E-state index < -0.39 is 0 Å². The molecule has 0 radical (unpaired) electrons. The van der Waals surface area contributed by atoms with Gasteiger partial charge in [0, 0.05) is 12.2 Å². The Balaban J connectivity index is 2.07. The van der Waals surface area contributed by atoms with Crippen LogP contribution in [0, 0.1) is 20.8 Å². The van der Waals surface area contributed by atoms with Gasteiger partial charge >= 0.3 is 0 Å². The maximum atomic E-state index is 3.46. The summed E-state index contributed by atoms with van der Waals surface area (Å²) in [6, 6.07) is 15.1. The SMILES string of the molecule is Cc1ccc(NCc2cc(C)ccc2C)cc1. The van der Waals surface area contributed by atoms with E-state index in [4.69, 9.17) is 0 Å². The Kier molecular flexibility index (Phi) is 3.48. The molecule has 0 atom stereocenters. The van der Waals surface area contributed by atoms with Gasteiger partial charge < -0.3 is 5.32 Å². The maximum Gasteiger partial charge on any atom is 0.0403 e. The Hall–Kier alpha value is -1.76. The molecule has 2 aromatic carbocycles. The highest BCUT2D eigenvalue weighted by Gasteiger charge is 1.98. The minimum Gasteiger partial charge on any atom is -0.381 e. The van der Waals surface area contributed by atoms with Crippen LogP contribution >= 0.6 is 0 Å². The average molecular weight is 225 g/mol. The Labute approximate surface area is 103 Å². The first-order chi connectivity index (χ1) is 8.15. The molecule has 1 nitrogen and oxygen atoms in total. The predicted molar refractivity (Wildman–Crippen MR) is 74.4 cm³/mol. The quantitative estimate of drug-likeness (QED) is 0.824. The first-order valence-electron chi connectivity index (χ1n) is 6.02. The van der Waals surface area contributed by atoms with Crippen molar-refractivity contribution in [1.82, 2.24) is 0 Å². The van der Waals surface area contributed by atoms with Crippen LogP contribution in [0.4, 0.5) is 5.69 Å². The molecule has 0 unspecified atom stereocenters. The molecule has 0 aliphatic rings. The highest BCUT2D eigenvalue weighted by Crippen LogP contribution is 2.14. The smallest absolute Gasteiger partial charge is 0.0403 e. The van der Waals surface area contributed by atoms with Crippen molar-refractivity contribution in [3.8, 4) is 0 Å². The van der Waals surface area contributed by atoms with Crippen molar-refractivity contribution < 1.29 is 0 Å². The van der Waals surface area contributed by atoms with Gasteiger partial charge in [-0.3, -0.25) is 0 Å². The Bertz CT molecular complexity index is 497. The molecule has 0 fully saturated rings. The number of aryl methyl sites for hydroxylation is 3. The molecule has 2 rings (SSSR count). The minimum atomic E-state index is 0.885. The lowest BCUT2D eigenvalue weighted by molar-refractivity contribution is 1.11. The van der Waals surface area contributed by atoms with Gasteiger partial charge in [-0.15, -0.1) is 0 Å². The molecule has 0 aromatic heterocycles. The van der Waals surface area contributed by atoms with Gasteiger partial charge in [0.2, 0.25) is 0 Å². The molecule has 0 heterocycles. The van der Waals surface area contributed by atoms with Crippen LogP contribution in [0.15, 0.2) is 42.5 Å². The molecule has 0 saturated heterocycles. The highest BCUT2D eigenvalue weighted by molar-refractivity contribution is 5.45. The predicted octanol–water partition coefficient (Wildman–Crippen LogP) is 4.22. The number of hydrogen-bond acceptors (Lipinski definition) is 1.